The Morgan fingerprint density at radius 2 is 1.91 bits per heavy atom. The molecule has 1 aliphatic rings. The molecule has 3 heterocycles. The number of carbonyl (C=O) groups is 1. The molecule has 10 nitrogen and oxygen atoms in total. The smallest absolute Gasteiger partial charge is 0.281 e. The Morgan fingerprint density at radius 3 is 2.60 bits per heavy atom. The molecule has 0 bridgehead atoms. The molecule has 5 rings (SSSR count). The van der Waals surface area contributed by atoms with Crippen LogP contribution in [0.4, 0.5) is 0 Å². The quantitative estimate of drug-likeness (QED) is 0.372. The average molecular weight is 491 g/mol. The second kappa shape index (κ2) is 9.94. The molecule has 2 aromatic carbocycles. The molecule has 1 atom stereocenters. The van der Waals surface area contributed by atoms with Crippen molar-refractivity contribution < 1.29 is 19.0 Å². The molecule has 0 fully saturated rings. The molecule has 4 aromatic rings. The van der Waals surface area contributed by atoms with Crippen molar-refractivity contribution in [3.8, 4) is 22.9 Å². The second-order valence-corrected chi connectivity index (χ2v) is 8.58. The zero-order valence-electron chi connectivity index (χ0n) is 19.1. The number of nitrogens with zero attached hydrogens (tertiary/aromatic N) is 6. The van der Waals surface area contributed by atoms with Gasteiger partial charge in [0.2, 0.25) is 0 Å². The van der Waals surface area contributed by atoms with Crippen molar-refractivity contribution in [3.63, 3.8) is 0 Å². The predicted octanol–water partition coefficient (Wildman–Crippen LogP) is 3.50. The molecule has 1 unspecified atom stereocenters. The van der Waals surface area contributed by atoms with E-state index in [0.29, 0.717) is 23.7 Å². The van der Waals surface area contributed by atoms with Crippen LogP contribution in [0.15, 0.2) is 71.4 Å². The molecule has 0 radical (unpaired) electrons. The van der Waals surface area contributed by atoms with Gasteiger partial charge < -0.3 is 14.2 Å². The van der Waals surface area contributed by atoms with E-state index in [1.165, 1.54) is 16.0 Å². The van der Waals surface area contributed by atoms with Crippen molar-refractivity contribution in [1.29, 1.82) is 0 Å². The van der Waals surface area contributed by atoms with Crippen LogP contribution < -0.4 is 14.2 Å². The van der Waals surface area contributed by atoms with Crippen LogP contribution in [-0.2, 0) is 4.79 Å². The summed E-state index contributed by atoms with van der Waals surface area (Å²) < 4.78 is 18.1. The Hall–Kier alpha value is -4.25. The first-order valence-corrected chi connectivity index (χ1v) is 11.7. The van der Waals surface area contributed by atoms with E-state index < -0.39 is 0 Å². The standard InChI is InChI=1S/C24H22N6O4S/c1-32-21-10-5-16(12-22(21)33-2)20-13-19(23-4-3-11-35-23)26-30(20)24(31)14-34-18-8-6-17(7-9-18)29-15-25-27-28-29/h3-12,15,20H,13-14H2,1-2H3. The summed E-state index contributed by atoms with van der Waals surface area (Å²) >= 11 is 1.59. The van der Waals surface area contributed by atoms with Crippen LogP contribution in [0.3, 0.4) is 0 Å². The van der Waals surface area contributed by atoms with E-state index >= 15 is 0 Å². The van der Waals surface area contributed by atoms with E-state index in [0.717, 1.165) is 21.8 Å². The molecule has 35 heavy (non-hydrogen) atoms. The summed E-state index contributed by atoms with van der Waals surface area (Å²) in [5.41, 5.74) is 2.54. The zero-order valence-corrected chi connectivity index (χ0v) is 19.9. The average Bonchev–Trinajstić information content (AvgIpc) is 3.69. The minimum atomic E-state index is -0.287. The van der Waals surface area contributed by atoms with Gasteiger partial charge in [-0.15, -0.1) is 16.4 Å². The zero-order chi connectivity index (χ0) is 24.2. The van der Waals surface area contributed by atoms with Gasteiger partial charge in [-0.1, -0.05) is 12.1 Å². The highest BCUT2D eigenvalue weighted by atomic mass is 32.1. The Kier molecular flexibility index (Phi) is 6.40. The molecule has 0 saturated carbocycles. The lowest BCUT2D eigenvalue weighted by atomic mass is 10.0. The van der Waals surface area contributed by atoms with Crippen LogP contribution in [0.1, 0.15) is 22.9 Å². The van der Waals surface area contributed by atoms with Crippen molar-refractivity contribution in [2.45, 2.75) is 12.5 Å². The van der Waals surface area contributed by atoms with Gasteiger partial charge in [-0.3, -0.25) is 4.79 Å². The molecular formula is C24H22N6O4S. The van der Waals surface area contributed by atoms with Crippen molar-refractivity contribution >= 4 is 23.0 Å². The van der Waals surface area contributed by atoms with Gasteiger partial charge in [0, 0.05) is 6.42 Å². The molecule has 0 saturated heterocycles. The summed E-state index contributed by atoms with van der Waals surface area (Å²) in [6, 6.07) is 16.5. The molecular weight excluding hydrogens is 468 g/mol. The summed E-state index contributed by atoms with van der Waals surface area (Å²) in [5, 5.41) is 19.3. The molecule has 11 heteroatoms. The van der Waals surface area contributed by atoms with Crippen LogP contribution >= 0.6 is 11.3 Å². The summed E-state index contributed by atoms with van der Waals surface area (Å²) in [7, 11) is 3.18. The number of thiophene rings is 1. The van der Waals surface area contributed by atoms with Gasteiger partial charge in [-0.25, -0.2) is 9.69 Å². The highest BCUT2D eigenvalue weighted by molar-refractivity contribution is 7.12. The summed E-state index contributed by atoms with van der Waals surface area (Å²) in [6.45, 7) is -0.158. The van der Waals surface area contributed by atoms with Crippen LogP contribution in [0.2, 0.25) is 0 Å². The minimum Gasteiger partial charge on any atom is -0.493 e. The first kappa shape index (κ1) is 22.5. The number of carbonyl (C=O) groups excluding carboxylic acids is 1. The van der Waals surface area contributed by atoms with Gasteiger partial charge in [-0.05, 0) is 63.8 Å². The fourth-order valence-corrected chi connectivity index (χ4v) is 4.56. The van der Waals surface area contributed by atoms with Crippen molar-refractivity contribution in [2.75, 3.05) is 20.8 Å². The van der Waals surface area contributed by atoms with Crippen LogP contribution in [0, 0.1) is 0 Å². The van der Waals surface area contributed by atoms with E-state index in [1.807, 2.05) is 47.8 Å². The summed E-state index contributed by atoms with van der Waals surface area (Å²) in [4.78, 5) is 14.3. The third kappa shape index (κ3) is 4.71. The number of amides is 1. The lowest BCUT2D eigenvalue weighted by Gasteiger charge is -2.23. The second-order valence-electron chi connectivity index (χ2n) is 7.63. The largest absolute Gasteiger partial charge is 0.493 e. The fraction of sp³-hybridized carbons (Fsp3) is 0.208. The Morgan fingerprint density at radius 1 is 1.09 bits per heavy atom. The number of hydrogen-bond donors (Lipinski definition) is 0. The van der Waals surface area contributed by atoms with Crippen LogP contribution in [0.25, 0.3) is 5.69 Å². The van der Waals surface area contributed by atoms with Crippen LogP contribution in [-0.4, -0.2) is 57.7 Å². The number of benzene rings is 2. The van der Waals surface area contributed by atoms with Gasteiger partial charge in [0.15, 0.2) is 18.1 Å². The maximum absolute atomic E-state index is 13.3. The van der Waals surface area contributed by atoms with Gasteiger partial charge >= 0.3 is 0 Å². The van der Waals surface area contributed by atoms with E-state index in [9.17, 15) is 4.79 Å². The highest BCUT2D eigenvalue weighted by Crippen LogP contribution is 2.38. The van der Waals surface area contributed by atoms with Gasteiger partial charge in [0.05, 0.1) is 36.5 Å². The molecule has 2 aromatic heterocycles. The third-order valence-corrected chi connectivity index (χ3v) is 6.50. The molecule has 178 valence electrons. The number of hydrazone groups is 1. The van der Waals surface area contributed by atoms with Gasteiger partial charge in [0.25, 0.3) is 5.91 Å². The predicted molar refractivity (Wildman–Crippen MR) is 129 cm³/mol. The summed E-state index contributed by atoms with van der Waals surface area (Å²) in [5.74, 6) is 1.53. The first-order chi connectivity index (χ1) is 17.2. The number of rotatable bonds is 8. The van der Waals surface area contributed by atoms with Crippen LogP contribution in [0.5, 0.6) is 17.2 Å². The third-order valence-electron chi connectivity index (χ3n) is 5.58. The SMILES string of the molecule is COc1ccc(C2CC(c3cccs3)=NN2C(=O)COc2ccc(-n3cnnn3)cc2)cc1OC. The van der Waals surface area contributed by atoms with E-state index in [-0.39, 0.29) is 18.6 Å². The number of hydrogen-bond acceptors (Lipinski definition) is 9. The van der Waals surface area contributed by atoms with Crippen molar-refractivity contribution in [1.82, 2.24) is 25.2 Å². The van der Waals surface area contributed by atoms with E-state index in [2.05, 4.69) is 20.6 Å². The highest BCUT2D eigenvalue weighted by Gasteiger charge is 2.34. The lowest BCUT2D eigenvalue weighted by molar-refractivity contribution is -0.135. The number of aromatic nitrogens is 4. The number of ether oxygens (including phenoxy) is 3. The maximum atomic E-state index is 13.3. The molecule has 0 aliphatic carbocycles. The monoisotopic (exact) mass is 490 g/mol. The number of methoxy groups -OCH3 is 2. The normalized spacial score (nSPS) is 15.1. The number of tetrazole rings is 1. The van der Waals surface area contributed by atoms with Gasteiger partial charge in [-0.2, -0.15) is 5.10 Å². The van der Waals surface area contributed by atoms with Crippen molar-refractivity contribution in [3.05, 3.63) is 76.7 Å². The summed E-state index contributed by atoms with van der Waals surface area (Å²) in [6.07, 6.45) is 2.09. The lowest BCUT2D eigenvalue weighted by Crippen LogP contribution is -2.31. The minimum absolute atomic E-state index is 0.158. The topological polar surface area (TPSA) is 104 Å². The van der Waals surface area contributed by atoms with Gasteiger partial charge in [0.1, 0.15) is 12.1 Å². The molecule has 1 aliphatic heterocycles. The Balaban J connectivity index is 1.35. The first-order valence-electron chi connectivity index (χ1n) is 10.8. The Labute approximate surface area is 205 Å². The maximum Gasteiger partial charge on any atom is 0.281 e. The van der Waals surface area contributed by atoms with E-state index in [1.54, 1.807) is 37.7 Å². The molecule has 0 N–H and O–H groups in total. The fourth-order valence-electron chi connectivity index (χ4n) is 3.84. The van der Waals surface area contributed by atoms with E-state index in [4.69, 9.17) is 14.2 Å². The van der Waals surface area contributed by atoms with Crippen molar-refractivity contribution in [2.24, 2.45) is 5.10 Å². The molecule has 0 spiro atoms. The Bertz CT molecular complexity index is 1320. The molecule has 1 amide bonds.